The van der Waals surface area contributed by atoms with Crippen LogP contribution in [0.25, 0.3) is 0 Å². The first-order valence-electron chi connectivity index (χ1n) is 4.33. The van der Waals surface area contributed by atoms with Gasteiger partial charge in [-0.25, -0.2) is 0 Å². The maximum Gasteiger partial charge on any atom is 0.258 e. The molecule has 0 bridgehead atoms. The van der Waals surface area contributed by atoms with Crippen LogP contribution in [0.3, 0.4) is 0 Å². The Hall–Kier alpha value is -2.04. The van der Waals surface area contributed by atoms with Gasteiger partial charge in [0.15, 0.2) is 6.61 Å². The maximum absolute atomic E-state index is 11.0. The van der Waals surface area contributed by atoms with Gasteiger partial charge in [-0.3, -0.25) is 4.79 Å². The zero-order valence-corrected chi connectivity index (χ0v) is 7.93. The summed E-state index contributed by atoms with van der Waals surface area (Å²) in [4.78, 5) is 21.0. The maximum atomic E-state index is 11.0. The average molecular weight is 208 g/mol. The number of nitrogens with one attached hydrogen (secondary N) is 1. The van der Waals surface area contributed by atoms with Crippen molar-refractivity contribution in [3.8, 4) is 5.75 Å². The Bertz CT molecular complexity index is 337. The molecule has 0 saturated heterocycles. The lowest BCUT2D eigenvalue weighted by Crippen LogP contribution is -2.39. The highest BCUT2D eigenvalue weighted by atomic mass is 16.5. The topological polar surface area (TPSA) is 78.5 Å². The van der Waals surface area contributed by atoms with E-state index in [1.807, 2.05) is 6.07 Å². The predicted molar refractivity (Wildman–Crippen MR) is 50.0 cm³/mol. The van der Waals surface area contributed by atoms with E-state index in [2.05, 4.69) is 5.32 Å². The summed E-state index contributed by atoms with van der Waals surface area (Å²) < 4.78 is 5.07. The number of para-hydroxylation sites is 1. The normalized spacial score (nSPS) is 9.33. The van der Waals surface area contributed by atoms with Crippen molar-refractivity contribution in [1.29, 1.82) is 0 Å². The van der Waals surface area contributed by atoms with E-state index in [1.165, 1.54) is 0 Å². The molecule has 1 rings (SSSR count). The number of aliphatic carboxylic acids is 1. The van der Waals surface area contributed by atoms with E-state index < -0.39 is 18.4 Å². The van der Waals surface area contributed by atoms with E-state index in [1.54, 1.807) is 24.3 Å². The molecule has 0 radical (unpaired) electrons. The van der Waals surface area contributed by atoms with Gasteiger partial charge >= 0.3 is 0 Å². The van der Waals surface area contributed by atoms with E-state index in [-0.39, 0.29) is 6.61 Å². The van der Waals surface area contributed by atoms with Gasteiger partial charge in [-0.2, -0.15) is 0 Å². The Morgan fingerprint density at radius 1 is 1.27 bits per heavy atom. The van der Waals surface area contributed by atoms with Gasteiger partial charge in [-0.05, 0) is 12.1 Å². The zero-order valence-electron chi connectivity index (χ0n) is 7.93. The summed E-state index contributed by atoms with van der Waals surface area (Å²) in [5.41, 5.74) is 0. The van der Waals surface area contributed by atoms with Crippen LogP contribution in [0.1, 0.15) is 0 Å². The fourth-order valence-electron chi connectivity index (χ4n) is 0.887. The van der Waals surface area contributed by atoms with Crippen LogP contribution in [0.4, 0.5) is 0 Å². The summed E-state index contributed by atoms with van der Waals surface area (Å²) >= 11 is 0. The summed E-state index contributed by atoms with van der Waals surface area (Å²) in [5, 5.41) is 12.1. The lowest BCUT2D eigenvalue weighted by molar-refractivity contribution is -0.304. The third-order valence-corrected chi connectivity index (χ3v) is 1.54. The third kappa shape index (κ3) is 4.66. The molecule has 1 aromatic carbocycles. The van der Waals surface area contributed by atoms with Gasteiger partial charge in [0.25, 0.3) is 5.91 Å². The molecule has 5 nitrogen and oxygen atoms in total. The second-order valence-corrected chi connectivity index (χ2v) is 2.75. The Kier molecular flexibility index (Phi) is 4.15. The molecule has 0 aliphatic rings. The number of carbonyl (C=O) groups is 2. The van der Waals surface area contributed by atoms with Crippen molar-refractivity contribution in [2.45, 2.75) is 0 Å². The molecule has 1 amide bonds. The molecule has 0 fully saturated rings. The molecule has 0 spiro atoms. The summed E-state index contributed by atoms with van der Waals surface area (Å²) in [6.45, 7) is -0.714. The zero-order chi connectivity index (χ0) is 11.1. The van der Waals surface area contributed by atoms with Crippen molar-refractivity contribution < 1.29 is 19.4 Å². The van der Waals surface area contributed by atoms with Gasteiger partial charge in [-0.15, -0.1) is 0 Å². The van der Waals surface area contributed by atoms with Crippen LogP contribution in [-0.2, 0) is 9.59 Å². The molecule has 0 unspecified atom stereocenters. The highest BCUT2D eigenvalue weighted by Crippen LogP contribution is 2.07. The second kappa shape index (κ2) is 5.64. The second-order valence-electron chi connectivity index (χ2n) is 2.75. The minimum absolute atomic E-state index is 0.211. The molecule has 0 saturated carbocycles. The number of hydrogen-bond acceptors (Lipinski definition) is 4. The van der Waals surface area contributed by atoms with Gasteiger partial charge in [0.1, 0.15) is 5.75 Å². The highest BCUT2D eigenvalue weighted by Gasteiger charge is 2.01. The summed E-state index contributed by atoms with van der Waals surface area (Å²) in [6, 6.07) is 8.77. The lowest BCUT2D eigenvalue weighted by atomic mass is 10.3. The van der Waals surface area contributed by atoms with Crippen LogP contribution in [0.2, 0.25) is 0 Å². The number of ether oxygens (including phenoxy) is 1. The van der Waals surface area contributed by atoms with Crippen LogP contribution in [0, 0.1) is 0 Å². The van der Waals surface area contributed by atoms with Crippen molar-refractivity contribution >= 4 is 11.9 Å². The van der Waals surface area contributed by atoms with Gasteiger partial charge in [0.05, 0.1) is 12.5 Å². The molecular weight excluding hydrogens is 198 g/mol. The number of carbonyl (C=O) groups excluding carboxylic acids is 2. The van der Waals surface area contributed by atoms with E-state index in [4.69, 9.17) is 4.74 Å². The minimum Gasteiger partial charge on any atom is -0.548 e. The first kappa shape index (κ1) is 11.0. The standard InChI is InChI=1S/C10H11NO4/c12-9(11-6-10(13)14)7-15-8-4-2-1-3-5-8/h1-5H,6-7H2,(H,11,12)(H,13,14)/p-1. The number of hydrogen-bond donors (Lipinski definition) is 1. The quantitative estimate of drug-likeness (QED) is 0.668. The van der Waals surface area contributed by atoms with Gasteiger partial charge in [-0.1, -0.05) is 18.2 Å². The fourth-order valence-corrected chi connectivity index (χ4v) is 0.887. The van der Waals surface area contributed by atoms with Crippen molar-refractivity contribution in [2.75, 3.05) is 13.2 Å². The highest BCUT2D eigenvalue weighted by molar-refractivity contribution is 5.81. The van der Waals surface area contributed by atoms with Crippen molar-refractivity contribution in [3.05, 3.63) is 30.3 Å². The van der Waals surface area contributed by atoms with Gasteiger partial charge in [0, 0.05) is 0 Å². The van der Waals surface area contributed by atoms with E-state index >= 15 is 0 Å². The van der Waals surface area contributed by atoms with Crippen LogP contribution >= 0.6 is 0 Å². The van der Waals surface area contributed by atoms with E-state index in [9.17, 15) is 14.7 Å². The van der Waals surface area contributed by atoms with Crippen LogP contribution in [0.5, 0.6) is 5.75 Å². The number of benzene rings is 1. The number of rotatable bonds is 5. The van der Waals surface area contributed by atoms with E-state index in [0.29, 0.717) is 5.75 Å². The molecule has 1 aromatic rings. The number of amides is 1. The number of carboxylic acid groups (broad SMARTS) is 1. The van der Waals surface area contributed by atoms with Crippen molar-refractivity contribution in [2.24, 2.45) is 0 Å². The van der Waals surface area contributed by atoms with Crippen LogP contribution in [0.15, 0.2) is 30.3 Å². The van der Waals surface area contributed by atoms with Crippen LogP contribution in [-0.4, -0.2) is 25.0 Å². The monoisotopic (exact) mass is 208 g/mol. The molecule has 0 heterocycles. The molecule has 1 N–H and O–H groups in total. The van der Waals surface area contributed by atoms with Gasteiger partial charge in [0.2, 0.25) is 0 Å². The smallest absolute Gasteiger partial charge is 0.258 e. The molecule has 0 aromatic heterocycles. The fraction of sp³-hybridized carbons (Fsp3) is 0.200. The largest absolute Gasteiger partial charge is 0.548 e. The predicted octanol–water partition coefficient (Wildman–Crippen LogP) is -1.07. The lowest BCUT2D eigenvalue weighted by Gasteiger charge is -2.07. The molecule has 15 heavy (non-hydrogen) atoms. The minimum atomic E-state index is -1.33. The van der Waals surface area contributed by atoms with Crippen molar-refractivity contribution in [1.82, 2.24) is 5.32 Å². The third-order valence-electron chi connectivity index (χ3n) is 1.54. The molecule has 0 aliphatic carbocycles. The molecule has 80 valence electrons. The SMILES string of the molecule is O=C([O-])CNC(=O)COc1ccccc1. The Morgan fingerprint density at radius 3 is 2.53 bits per heavy atom. The first-order valence-corrected chi connectivity index (χ1v) is 4.33. The molecule has 5 heteroatoms. The van der Waals surface area contributed by atoms with Crippen LogP contribution < -0.4 is 15.2 Å². The number of carboxylic acids is 1. The average Bonchev–Trinajstić information content (AvgIpc) is 2.25. The van der Waals surface area contributed by atoms with Crippen molar-refractivity contribution in [3.63, 3.8) is 0 Å². The Balaban J connectivity index is 2.26. The summed E-state index contributed by atoms with van der Waals surface area (Å²) in [7, 11) is 0. The molecule has 0 atom stereocenters. The molecule has 0 aliphatic heterocycles. The Labute approximate surface area is 86.7 Å². The van der Waals surface area contributed by atoms with E-state index in [0.717, 1.165) is 0 Å². The first-order chi connectivity index (χ1) is 7.18. The summed E-state index contributed by atoms with van der Waals surface area (Å²) in [6.07, 6.45) is 0. The summed E-state index contributed by atoms with van der Waals surface area (Å²) in [5.74, 6) is -1.27. The Morgan fingerprint density at radius 2 is 1.93 bits per heavy atom. The van der Waals surface area contributed by atoms with Gasteiger partial charge < -0.3 is 20.0 Å². The molecular formula is C10H10NO4-.